The fourth-order valence-electron chi connectivity index (χ4n) is 0.318. The van der Waals surface area contributed by atoms with Gasteiger partial charge in [-0.1, -0.05) is 0 Å². The smallest absolute Gasteiger partial charge is 0.136 e. The van der Waals surface area contributed by atoms with E-state index in [0.717, 1.165) is 0 Å². The van der Waals surface area contributed by atoms with Crippen LogP contribution in [0.15, 0.2) is 0 Å². The van der Waals surface area contributed by atoms with Gasteiger partial charge < -0.3 is 10.5 Å². The Labute approximate surface area is 61.2 Å². The van der Waals surface area contributed by atoms with Gasteiger partial charge in [0.15, 0.2) is 0 Å². The zero-order chi connectivity index (χ0) is 6.41. The number of aldehydes is 1. The molecule has 0 aromatic heterocycles. The molecule has 0 aromatic rings. The first-order chi connectivity index (χ1) is 3.81. The molecule has 0 aromatic carbocycles. The third kappa shape index (κ3) is 7.48. The quantitative estimate of drug-likeness (QED) is 0.463. The molecule has 0 radical (unpaired) electrons. The Morgan fingerprint density at radius 1 is 1.78 bits per heavy atom. The maximum absolute atomic E-state index is 9.82. The monoisotopic (exact) mass is 147 g/mol. The van der Waals surface area contributed by atoms with Crippen molar-refractivity contribution in [3.8, 4) is 12.3 Å². The van der Waals surface area contributed by atoms with Gasteiger partial charge in [0.1, 0.15) is 6.29 Å². The van der Waals surface area contributed by atoms with Crippen LogP contribution in [0.3, 0.4) is 0 Å². The van der Waals surface area contributed by atoms with Gasteiger partial charge in [0.25, 0.3) is 0 Å². The number of carbonyl (C=O) groups excluding carboxylic acids is 1. The van der Waals surface area contributed by atoms with Gasteiger partial charge in [0.05, 0.1) is 6.04 Å². The Balaban J connectivity index is 0. The van der Waals surface area contributed by atoms with Gasteiger partial charge >= 0.3 is 0 Å². The van der Waals surface area contributed by atoms with Crippen molar-refractivity contribution in [2.45, 2.75) is 18.9 Å². The molecule has 0 saturated heterocycles. The molecule has 9 heavy (non-hydrogen) atoms. The van der Waals surface area contributed by atoms with Gasteiger partial charge in [0.2, 0.25) is 0 Å². The third-order valence-electron chi connectivity index (χ3n) is 0.797. The van der Waals surface area contributed by atoms with Crippen LogP contribution in [0.2, 0.25) is 0 Å². The third-order valence-corrected chi connectivity index (χ3v) is 0.797. The highest BCUT2D eigenvalue weighted by atomic mass is 35.5. The van der Waals surface area contributed by atoms with E-state index in [1.54, 1.807) is 0 Å². The molecule has 52 valence electrons. The van der Waals surface area contributed by atoms with Crippen LogP contribution in [0.4, 0.5) is 0 Å². The molecule has 2 nitrogen and oxygen atoms in total. The number of terminal acetylenes is 1. The molecule has 3 heteroatoms. The van der Waals surface area contributed by atoms with E-state index in [2.05, 4.69) is 5.92 Å². The highest BCUT2D eigenvalue weighted by Gasteiger charge is 1.94. The van der Waals surface area contributed by atoms with Crippen LogP contribution in [0.5, 0.6) is 0 Å². The Morgan fingerprint density at radius 3 is 2.67 bits per heavy atom. The van der Waals surface area contributed by atoms with Crippen LogP contribution in [0, 0.1) is 12.3 Å². The van der Waals surface area contributed by atoms with E-state index in [4.69, 9.17) is 12.2 Å². The first kappa shape index (κ1) is 11.3. The molecular formula is C6H10ClNO. The van der Waals surface area contributed by atoms with Crippen molar-refractivity contribution in [2.75, 3.05) is 0 Å². The Bertz CT molecular complexity index is 108. The summed E-state index contributed by atoms with van der Waals surface area (Å²) < 4.78 is 0. The number of hydrogen-bond donors (Lipinski definition) is 1. The van der Waals surface area contributed by atoms with Crippen LogP contribution in [0.25, 0.3) is 0 Å². The summed E-state index contributed by atoms with van der Waals surface area (Å²) in [6, 6.07) is -0.369. The number of rotatable bonds is 3. The lowest BCUT2D eigenvalue weighted by molar-refractivity contribution is -0.109. The van der Waals surface area contributed by atoms with E-state index in [9.17, 15) is 4.79 Å². The average molecular weight is 148 g/mol. The molecule has 0 rings (SSSR count). The van der Waals surface area contributed by atoms with Crippen LogP contribution in [0.1, 0.15) is 12.8 Å². The van der Waals surface area contributed by atoms with Crippen molar-refractivity contribution < 1.29 is 4.79 Å². The predicted molar refractivity (Wildman–Crippen MR) is 39.4 cm³/mol. The van der Waals surface area contributed by atoms with Gasteiger partial charge in [-0.3, -0.25) is 0 Å². The molecule has 0 amide bonds. The summed E-state index contributed by atoms with van der Waals surface area (Å²) in [5.74, 6) is 2.39. The molecule has 0 saturated carbocycles. The lowest BCUT2D eigenvalue weighted by Crippen LogP contribution is -2.20. The number of nitrogens with two attached hydrogens (primary N) is 1. The predicted octanol–water partition coefficient (Wildman–Crippen LogP) is 0.348. The number of carbonyl (C=O) groups is 1. The zero-order valence-electron chi connectivity index (χ0n) is 5.04. The summed E-state index contributed by atoms with van der Waals surface area (Å²) in [5, 5.41) is 0. The largest absolute Gasteiger partial charge is 0.322 e. The lowest BCUT2D eigenvalue weighted by Gasteiger charge is -1.95. The van der Waals surface area contributed by atoms with Crippen LogP contribution in [-0.4, -0.2) is 12.3 Å². The second-order valence-corrected chi connectivity index (χ2v) is 1.54. The van der Waals surface area contributed by atoms with E-state index in [0.29, 0.717) is 19.1 Å². The van der Waals surface area contributed by atoms with Gasteiger partial charge in [-0.05, 0) is 6.42 Å². The molecular weight excluding hydrogens is 138 g/mol. The van der Waals surface area contributed by atoms with Crippen molar-refractivity contribution in [3.63, 3.8) is 0 Å². The van der Waals surface area contributed by atoms with Crippen LogP contribution < -0.4 is 5.73 Å². The Kier molecular flexibility index (Phi) is 9.39. The summed E-state index contributed by atoms with van der Waals surface area (Å²) in [6.45, 7) is 0. The second kappa shape index (κ2) is 7.48. The van der Waals surface area contributed by atoms with Crippen molar-refractivity contribution in [2.24, 2.45) is 5.73 Å². The topological polar surface area (TPSA) is 43.1 Å². The van der Waals surface area contributed by atoms with Gasteiger partial charge in [-0.15, -0.1) is 24.8 Å². The highest BCUT2D eigenvalue weighted by Crippen LogP contribution is 1.87. The van der Waals surface area contributed by atoms with Crippen molar-refractivity contribution in [1.82, 2.24) is 0 Å². The summed E-state index contributed by atoms with van der Waals surface area (Å²) in [4.78, 5) is 9.82. The molecule has 0 bridgehead atoms. The highest BCUT2D eigenvalue weighted by molar-refractivity contribution is 5.85. The minimum atomic E-state index is -0.369. The minimum Gasteiger partial charge on any atom is -0.322 e. The molecule has 0 aliphatic heterocycles. The Hall–Kier alpha value is -0.520. The molecule has 0 aliphatic rings. The summed E-state index contributed by atoms with van der Waals surface area (Å²) in [6.07, 6.45) is 6.80. The van der Waals surface area contributed by atoms with Gasteiger partial charge in [-0.2, -0.15) is 0 Å². The van der Waals surface area contributed by atoms with Gasteiger partial charge in [0, 0.05) is 6.42 Å². The number of hydrogen-bond acceptors (Lipinski definition) is 2. The Morgan fingerprint density at radius 2 is 2.33 bits per heavy atom. The normalized spacial score (nSPS) is 10.7. The summed E-state index contributed by atoms with van der Waals surface area (Å²) >= 11 is 0. The minimum absolute atomic E-state index is 0. The van der Waals surface area contributed by atoms with Crippen LogP contribution >= 0.6 is 12.4 Å². The lowest BCUT2D eigenvalue weighted by atomic mass is 10.2. The summed E-state index contributed by atoms with van der Waals surface area (Å²) in [7, 11) is 0. The summed E-state index contributed by atoms with van der Waals surface area (Å²) in [5.41, 5.74) is 5.20. The second-order valence-electron chi connectivity index (χ2n) is 1.54. The van der Waals surface area contributed by atoms with E-state index in [1.165, 1.54) is 0 Å². The molecule has 0 aliphatic carbocycles. The maximum atomic E-state index is 9.82. The van der Waals surface area contributed by atoms with Crippen molar-refractivity contribution in [3.05, 3.63) is 0 Å². The number of halogens is 1. The molecule has 0 fully saturated rings. The molecule has 1 unspecified atom stereocenters. The average Bonchev–Trinajstić information content (AvgIpc) is 1.83. The maximum Gasteiger partial charge on any atom is 0.136 e. The fourth-order valence-corrected chi connectivity index (χ4v) is 0.318. The standard InChI is InChI=1S/C6H9NO.ClH/c1-2-3-4-6(7)5-8;/h1,5-6H,3-4,7H2;1H. The molecule has 1 atom stereocenters. The SMILES string of the molecule is C#CCCC(N)C=O.Cl. The first-order valence-corrected chi connectivity index (χ1v) is 2.45. The molecule has 0 spiro atoms. The van der Waals surface area contributed by atoms with E-state index >= 15 is 0 Å². The fraction of sp³-hybridized carbons (Fsp3) is 0.500. The molecule has 0 heterocycles. The zero-order valence-corrected chi connectivity index (χ0v) is 5.86. The van der Waals surface area contributed by atoms with E-state index < -0.39 is 0 Å². The van der Waals surface area contributed by atoms with Crippen molar-refractivity contribution >= 4 is 18.7 Å². The van der Waals surface area contributed by atoms with Crippen molar-refractivity contribution in [1.29, 1.82) is 0 Å². The van der Waals surface area contributed by atoms with Crippen LogP contribution in [-0.2, 0) is 4.79 Å². The molecule has 2 N–H and O–H groups in total. The van der Waals surface area contributed by atoms with Gasteiger partial charge in [-0.25, -0.2) is 0 Å². The van der Waals surface area contributed by atoms with E-state index in [-0.39, 0.29) is 18.4 Å². The van der Waals surface area contributed by atoms with E-state index in [1.807, 2.05) is 0 Å². The first-order valence-electron chi connectivity index (χ1n) is 2.45.